The Labute approximate surface area is 179 Å². The standard InChI is InChI=1S/C23H24FN5O2/c1-14-8-16(6-7-20(14)31)4-3-5-19-21-23(29(13-26-21)15(2)12-30)28-22(27-19)17-9-18(24)11-25-10-17/h6-11,13,15,30-31H,3-5,12H2,1-2H3/p+1. The fourth-order valence-corrected chi connectivity index (χ4v) is 3.63. The van der Waals surface area contributed by atoms with Gasteiger partial charge in [0, 0.05) is 6.20 Å². The van der Waals surface area contributed by atoms with E-state index in [2.05, 4.69) is 15.0 Å². The number of pyridine rings is 1. The summed E-state index contributed by atoms with van der Waals surface area (Å²) >= 11 is 0. The number of fused-ring (bicyclic) bond motifs is 1. The summed E-state index contributed by atoms with van der Waals surface area (Å²) in [6, 6.07) is 6.82. The molecule has 0 spiro atoms. The van der Waals surface area contributed by atoms with Crippen LogP contribution < -0.4 is 4.57 Å². The molecule has 0 bridgehead atoms. The molecule has 4 rings (SSSR count). The van der Waals surface area contributed by atoms with Gasteiger partial charge in [0.1, 0.15) is 17.6 Å². The number of aromatic amines is 1. The summed E-state index contributed by atoms with van der Waals surface area (Å²) in [7, 11) is 0. The molecule has 0 aliphatic heterocycles. The summed E-state index contributed by atoms with van der Waals surface area (Å²) in [6.07, 6.45) is 6.82. The molecule has 8 heteroatoms. The highest BCUT2D eigenvalue weighted by molar-refractivity contribution is 5.73. The van der Waals surface area contributed by atoms with Crippen LogP contribution in [0.3, 0.4) is 0 Å². The second-order valence-corrected chi connectivity index (χ2v) is 7.77. The van der Waals surface area contributed by atoms with E-state index in [1.165, 1.54) is 6.07 Å². The molecule has 0 fully saturated rings. The maximum atomic E-state index is 13.7. The predicted octanol–water partition coefficient (Wildman–Crippen LogP) is 3.19. The molecule has 7 nitrogen and oxygen atoms in total. The summed E-state index contributed by atoms with van der Waals surface area (Å²) < 4.78 is 15.6. The molecule has 4 aromatic rings. The van der Waals surface area contributed by atoms with E-state index >= 15 is 0 Å². The van der Waals surface area contributed by atoms with Crippen molar-refractivity contribution < 1.29 is 19.2 Å². The molecule has 160 valence electrons. The van der Waals surface area contributed by atoms with Gasteiger partial charge in [-0.3, -0.25) is 9.97 Å². The number of aryl methyl sites for hydroxylation is 3. The zero-order valence-corrected chi connectivity index (χ0v) is 17.5. The first kappa shape index (κ1) is 20.9. The van der Waals surface area contributed by atoms with Crippen LogP contribution in [0.5, 0.6) is 5.75 Å². The van der Waals surface area contributed by atoms with Crippen molar-refractivity contribution in [2.75, 3.05) is 6.61 Å². The third-order valence-corrected chi connectivity index (χ3v) is 5.40. The number of nitrogens with one attached hydrogen (secondary N) is 1. The average Bonchev–Trinajstić information content (AvgIpc) is 3.20. The van der Waals surface area contributed by atoms with Gasteiger partial charge in [-0.15, -0.1) is 0 Å². The van der Waals surface area contributed by atoms with Crippen LogP contribution in [0.2, 0.25) is 0 Å². The molecule has 0 saturated carbocycles. The van der Waals surface area contributed by atoms with Gasteiger partial charge in [-0.05, 0) is 56.4 Å². The van der Waals surface area contributed by atoms with E-state index in [1.807, 2.05) is 30.5 Å². The number of hydrogen-bond donors (Lipinski definition) is 3. The van der Waals surface area contributed by atoms with Crippen molar-refractivity contribution in [1.29, 1.82) is 0 Å². The van der Waals surface area contributed by atoms with E-state index in [4.69, 9.17) is 4.98 Å². The highest BCUT2D eigenvalue weighted by Gasteiger charge is 2.23. The number of aromatic hydroxyl groups is 1. The predicted molar refractivity (Wildman–Crippen MR) is 114 cm³/mol. The third-order valence-electron chi connectivity index (χ3n) is 5.40. The fraction of sp³-hybridized carbons (Fsp3) is 0.304. The minimum absolute atomic E-state index is 0.0337. The summed E-state index contributed by atoms with van der Waals surface area (Å²) in [6.45, 7) is 3.74. The van der Waals surface area contributed by atoms with Crippen LogP contribution in [-0.2, 0) is 12.8 Å². The van der Waals surface area contributed by atoms with E-state index in [9.17, 15) is 14.6 Å². The molecule has 0 aliphatic rings. The lowest BCUT2D eigenvalue weighted by molar-refractivity contribution is -0.698. The van der Waals surface area contributed by atoms with Gasteiger partial charge in [0.15, 0.2) is 11.8 Å². The molecule has 3 aromatic heterocycles. The van der Waals surface area contributed by atoms with E-state index in [-0.39, 0.29) is 12.6 Å². The molecule has 1 atom stereocenters. The SMILES string of the molecule is Cc1cc(CCCc2nc(-c3cncc(F)c3)nc3c2[nH]c[n+]3C(C)CO)ccc1O. The number of rotatable bonds is 7. The zero-order valence-electron chi connectivity index (χ0n) is 17.5. The highest BCUT2D eigenvalue weighted by Crippen LogP contribution is 2.22. The van der Waals surface area contributed by atoms with Crippen LogP contribution in [0.1, 0.15) is 36.2 Å². The van der Waals surface area contributed by atoms with Gasteiger partial charge in [0.2, 0.25) is 5.82 Å². The van der Waals surface area contributed by atoms with Crippen molar-refractivity contribution in [2.24, 2.45) is 0 Å². The number of halogens is 1. The second kappa shape index (κ2) is 8.77. The normalized spacial score (nSPS) is 12.4. The molecule has 1 aromatic carbocycles. The molecule has 3 N–H and O–H groups in total. The summed E-state index contributed by atoms with van der Waals surface area (Å²) in [5.41, 5.74) is 4.78. The molecule has 31 heavy (non-hydrogen) atoms. The number of aliphatic hydroxyl groups is 1. The molecular formula is C23H25FN5O2+. The summed E-state index contributed by atoms with van der Waals surface area (Å²) in [5, 5.41) is 19.3. The van der Waals surface area contributed by atoms with Crippen molar-refractivity contribution >= 4 is 11.2 Å². The average molecular weight is 422 g/mol. The van der Waals surface area contributed by atoms with Gasteiger partial charge in [-0.1, -0.05) is 17.1 Å². The lowest BCUT2D eigenvalue weighted by atomic mass is 10.0. The molecule has 3 heterocycles. The summed E-state index contributed by atoms with van der Waals surface area (Å²) in [4.78, 5) is 16.5. The minimum Gasteiger partial charge on any atom is -0.508 e. The quantitative estimate of drug-likeness (QED) is 0.397. The lowest BCUT2D eigenvalue weighted by Gasteiger charge is -2.07. The maximum absolute atomic E-state index is 13.7. The number of phenols is 1. The van der Waals surface area contributed by atoms with Crippen molar-refractivity contribution in [1.82, 2.24) is 19.9 Å². The molecule has 0 amide bonds. The topological polar surface area (TPSA) is 98.8 Å². The second-order valence-electron chi connectivity index (χ2n) is 7.77. The smallest absolute Gasteiger partial charge is 0.306 e. The number of aromatic nitrogens is 5. The Balaban J connectivity index is 1.68. The van der Waals surface area contributed by atoms with Gasteiger partial charge >= 0.3 is 5.65 Å². The number of aliphatic hydroxyl groups excluding tert-OH is 1. The number of hydrogen-bond acceptors (Lipinski definition) is 5. The first-order chi connectivity index (χ1) is 15.0. The molecule has 1 unspecified atom stereocenters. The van der Waals surface area contributed by atoms with E-state index < -0.39 is 5.82 Å². The van der Waals surface area contributed by atoms with Crippen LogP contribution in [0, 0.1) is 12.7 Å². The maximum Gasteiger partial charge on any atom is 0.306 e. The Morgan fingerprint density at radius 1 is 1.16 bits per heavy atom. The Kier molecular flexibility index (Phi) is 5.90. The molecule has 0 radical (unpaired) electrons. The Bertz CT molecular complexity index is 1220. The highest BCUT2D eigenvalue weighted by atomic mass is 19.1. The third kappa shape index (κ3) is 4.39. The van der Waals surface area contributed by atoms with Crippen LogP contribution >= 0.6 is 0 Å². The van der Waals surface area contributed by atoms with Crippen molar-refractivity contribution in [2.45, 2.75) is 39.2 Å². The van der Waals surface area contributed by atoms with E-state index in [0.29, 0.717) is 29.2 Å². The Hall–Kier alpha value is -3.39. The van der Waals surface area contributed by atoms with Crippen molar-refractivity contribution in [3.05, 3.63) is 65.6 Å². The Morgan fingerprint density at radius 3 is 2.74 bits per heavy atom. The molecule has 0 aliphatic carbocycles. The number of phenolic OH excluding ortho intramolecular Hbond substituents is 1. The number of benzene rings is 1. The van der Waals surface area contributed by atoms with Crippen LogP contribution in [0.15, 0.2) is 43.0 Å². The van der Waals surface area contributed by atoms with E-state index in [0.717, 1.165) is 41.4 Å². The molecule has 0 saturated heterocycles. The summed E-state index contributed by atoms with van der Waals surface area (Å²) in [5.74, 6) is 0.244. The number of imidazole rings is 1. The Morgan fingerprint density at radius 2 is 2.00 bits per heavy atom. The van der Waals surface area contributed by atoms with Crippen molar-refractivity contribution in [3.63, 3.8) is 0 Å². The minimum atomic E-state index is -0.448. The van der Waals surface area contributed by atoms with E-state index in [1.54, 1.807) is 18.6 Å². The van der Waals surface area contributed by atoms with Gasteiger partial charge < -0.3 is 10.2 Å². The van der Waals surface area contributed by atoms with Gasteiger partial charge in [0.25, 0.3) is 0 Å². The first-order valence-corrected chi connectivity index (χ1v) is 10.3. The molecular weight excluding hydrogens is 397 g/mol. The van der Waals surface area contributed by atoms with Crippen molar-refractivity contribution in [3.8, 4) is 17.1 Å². The zero-order chi connectivity index (χ0) is 22.0. The van der Waals surface area contributed by atoms with Gasteiger partial charge in [-0.25, -0.2) is 13.9 Å². The van der Waals surface area contributed by atoms with Gasteiger partial charge in [0.05, 0.1) is 24.1 Å². The lowest BCUT2D eigenvalue weighted by Crippen LogP contribution is -2.39. The first-order valence-electron chi connectivity index (χ1n) is 10.3. The largest absolute Gasteiger partial charge is 0.508 e. The van der Waals surface area contributed by atoms with Crippen LogP contribution in [0.4, 0.5) is 4.39 Å². The van der Waals surface area contributed by atoms with Crippen LogP contribution in [0.25, 0.3) is 22.6 Å². The monoisotopic (exact) mass is 422 g/mol. The fourth-order valence-electron chi connectivity index (χ4n) is 3.63. The number of nitrogens with zero attached hydrogens (tertiary/aromatic N) is 4. The number of H-pyrrole nitrogens is 1. The van der Waals surface area contributed by atoms with Gasteiger partial charge in [-0.2, -0.15) is 0 Å². The van der Waals surface area contributed by atoms with Crippen LogP contribution in [-0.4, -0.2) is 36.8 Å².